The van der Waals surface area contributed by atoms with Gasteiger partial charge in [0.1, 0.15) is 12.1 Å². The molecule has 0 radical (unpaired) electrons. The van der Waals surface area contributed by atoms with Crippen molar-refractivity contribution in [3.05, 3.63) is 94.0 Å². The molecule has 0 saturated carbocycles. The van der Waals surface area contributed by atoms with Crippen molar-refractivity contribution in [1.82, 2.24) is 10.2 Å². The number of benzene rings is 3. The van der Waals surface area contributed by atoms with Gasteiger partial charge in [0.05, 0.1) is 0 Å². The Balaban J connectivity index is 1.43. The first-order valence-electron chi connectivity index (χ1n) is 13.0. The number of halogens is 1. The Kier molecular flexibility index (Phi) is 9.75. The SMILES string of the molecule is CN1Cc2cc(NC(=NC#N)Nc3ccc(Cl)cc3)ccc2C1C(=O)NC(Cc1ccc(CCC(=O)O)cc1)C(=O)O. The van der Waals surface area contributed by atoms with Gasteiger partial charge in [0.25, 0.3) is 0 Å². The van der Waals surface area contributed by atoms with Crippen molar-refractivity contribution in [2.75, 3.05) is 17.7 Å². The second kappa shape index (κ2) is 13.6. The van der Waals surface area contributed by atoms with Crippen LogP contribution in [-0.2, 0) is 33.8 Å². The smallest absolute Gasteiger partial charge is 0.326 e. The van der Waals surface area contributed by atoms with E-state index in [1.165, 1.54) is 0 Å². The highest BCUT2D eigenvalue weighted by atomic mass is 35.5. The molecule has 42 heavy (non-hydrogen) atoms. The molecule has 1 aliphatic rings. The molecule has 0 saturated heterocycles. The number of carboxylic acid groups (broad SMARTS) is 2. The van der Waals surface area contributed by atoms with Crippen LogP contribution in [0.5, 0.6) is 0 Å². The molecule has 2 unspecified atom stereocenters. The van der Waals surface area contributed by atoms with Crippen molar-refractivity contribution >= 4 is 46.8 Å². The summed E-state index contributed by atoms with van der Waals surface area (Å²) in [7, 11) is 1.79. The van der Waals surface area contributed by atoms with Crippen LogP contribution < -0.4 is 16.0 Å². The molecule has 0 aliphatic carbocycles. The first kappa shape index (κ1) is 30.0. The molecule has 5 N–H and O–H groups in total. The van der Waals surface area contributed by atoms with E-state index in [9.17, 15) is 19.5 Å². The zero-order valence-corrected chi connectivity index (χ0v) is 23.4. The Morgan fingerprint density at radius 2 is 1.67 bits per heavy atom. The number of hydrogen-bond donors (Lipinski definition) is 5. The van der Waals surface area contributed by atoms with Gasteiger partial charge < -0.3 is 26.2 Å². The lowest BCUT2D eigenvalue weighted by atomic mass is 10.0. The number of anilines is 2. The summed E-state index contributed by atoms with van der Waals surface area (Å²) in [5.41, 5.74) is 4.49. The van der Waals surface area contributed by atoms with Gasteiger partial charge in [-0.15, -0.1) is 4.99 Å². The largest absolute Gasteiger partial charge is 0.481 e. The average Bonchev–Trinajstić information content (AvgIpc) is 3.28. The van der Waals surface area contributed by atoms with E-state index in [-0.39, 0.29) is 18.8 Å². The lowest BCUT2D eigenvalue weighted by Gasteiger charge is -2.23. The van der Waals surface area contributed by atoms with Gasteiger partial charge in [-0.1, -0.05) is 41.9 Å². The van der Waals surface area contributed by atoms with E-state index in [0.29, 0.717) is 34.9 Å². The molecule has 216 valence electrons. The number of guanidine groups is 1. The van der Waals surface area contributed by atoms with Crippen molar-refractivity contribution in [2.45, 2.75) is 37.9 Å². The van der Waals surface area contributed by atoms with Gasteiger partial charge in [0.2, 0.25) is 18.1 Å². The number of nitriles is 1. The monoisotopic (exact) mass is 588 g/mol. The fraction of sp³-hybridized carbons (Fsp3) is 0.233. The van der Waals surface area contributed by atoms with E-state index in [1.54, 1.807) is 73.9 Å². The predicted octanol–water partition coefficient (Wildman–Crippen LogP) is 4.02. The number of aliphatic carboxylic acids is 2. The molecular weight excluding hydrogens is 560 g/mol. The molecule has 1 aliphatic heterocycles. The lowest BCUT2D eigenvalue weighted by Crippen LogP contribution is -2.46. The molecule has 12 heteroatoms. The molecule has 4 rings (SSSR count). The molecule has 0 bridgehead atoms. The van der Waals surface area contributed by atoms with Crippen molar-refractivity contribution in [3.63, 3.8) is 0 Å². The molecule has 3 aromatic carbocycles. The van der Waals surface area contributed by atoms with Crippen LogP contribution in [0.3, 0.4) is 0 Å². The third-order valence-corrected chi connectivity index (χ3v) is 7.03. The fourth-order valence-corrected chi connectivity index (χ4v) is 4.88. The molecule has 0 aromatic heterocycles. The minimum Gasteiger partial charge on any atom is -0.481 e. The van der Waals surface area contributed by atoms with Gasteiger partial charge in [0, 0.05) is 35.8 Å². The average molecular weight is 589 g/mol. The van der Waals surface area contributed by atoms with Crippen LogP contribution in [-0.4, -0.2) is 52.0 Å². The summed E-state index contributed by atoms with van der Waals surface area (Å²) in [4.78, 5) is 41.8. The number of nitrogens with one attached hydrogen (secondary N) is 3. The number of nitrogens with zero attached hydrogens (tertiary/aromatic N) is 3. The molecule has 11 nitrogen and oxygen atoms in total. The minimum absolute atomic E-state index is 0.00993. The summed E-state index contributed by atoms with van der Waals surface area (Å²) in [6.45, 7) is 0.452. The third kappa shape index (κ3) is 7.84. The van der Waals surface area contributed by atoms with Gasteiger partial charge in [-0.05, 0) is 72.1 Å². The molecule has 1 amide bonds. The Morgan fingerprint density at radius 3 is 2.31 bits per heavy atom. The van der Waals surface area contributed by atoms with Crippen molar-refractivity contribution in [2.24, 2.45) is 4.99 Å². The summed E-state index contributed by atoms with van der Waals surface area (Å²) in [6, 6.07) is 17.5. The van der Waals surface area contributed by atoms with E-state index >= 15 is 0 Å². The Bertz CT molecular complexity index is 1540. The summed E-state index contributed by atoms with van der Waals surface area (Å²) in [5, 5.41) is 37.2. The number of rotatable bonds is 10. The summed E-state index contributed by atoms with van der Waals surface area (Å²) in [5.74, 6) is -2.27. The van der Waals surface area contributed by atoms with Gasteiger partial charge >= 0.3 is 11.9 Å². The Hall–Kier alpha value is -4.92. The van der Waals surface area contributed by atoms with Crippen molar-refractivity contribution in [3.8, 4) is 6.19 Å². The molecule has 3 aromatic rings. The fourth-order valence-electron chi connectivity index (χ4n) is 4.75. The van der Waals surface area contributed by atoms with E-state index in [1.807, 2.05) is 11.0 Å². The summed E-state index contributed by atoms with van der Waals surface area (Å²) in [6.07, 6.45) is 2.23. The van der Waals surface area contributed by atoms with E-state index < -0.39 is 29.9 Å². The molecule has 1 heterocycles. The van der Waals surface area contributed by atoms with Crippen LogP contribution in [0.15, 0.2) is 71.7 Å². The van der Waals surface area contributed by atoms with Crippen LogP contribution in [0.4, 0.5) is 11.4 Å². The Labute approximate surface area is 247 Å². The van der Waals surface area contributed by atoms with Gasteiger partial charge in [-0.25, -0.2) is 4.79 Å². The highest BCUT2D eigenvalue weighted by Gasteiger charge is 2.35. The summed E-state index contributed by atoms with van der Waals surface area (Å²) < 4.78 is 0. The zero-order chi connectivity index (χ0) is 30.2. The first-order valence-corrected chi connectivity index (χ1v) is 13.4. The number of carboxylic acids is 2. The summed E-state index contributed by atoms with van der Waals surface area (Å²) >= 11 is 5.94. The predicted molar refractivity (Wildman–Crippen MR) is 158 cm³/mol. The molecule has 0 fully saturated rings. The number of carbonyl (C=O) groups is 3. The third-order valence-electron chi connectivity index (χ3n) is 6.78. The van der Waals surface area contributed by atoms with Crippen molar-refractivity contribution < 1.29 is 24.6 Å². The quantitative estimate of drug-likeness (QED) is 0.133. The maximum absolute atomic E-state index is 13.3. The van der Waals surface area contributed by atoms with Crippen LogP contribution in [0.25, 0.3) is 0 Å². The van der Waals surface area contributed by atoms with Gasteiger partial charge in [0.15, 0.2) is 0 Å². The Morgan fingerprint density at radius 1 is 1.02 bits per heavy atom. The highest BCUT2D eigenvalue weighted by molar-refractivity contribution is 6.30. The number of fused-ring (bicyclic) bond motifs is 1. The number of aliphatic imine (C=N–C) groups is 1. The molecule has 2 atom stereocenters. The van der Waals surface area contributed by atoms with Crippen LogP contribution in [0.1, 0.15) is 34.7 Å². The van der Waals surface area contributed by atoms with Gasteiger partial charge in [-0.2, -0.15) is 5.26 Å². The van der Waals surface area contributed by atoms with Crippen LogP contribution in [0.2, 0.25) is 5.02 Å². The number of carbonyl (C=O) groups excluding carboxylic acids is 1. The topological polar surface area (TPSA) is 167 Å². The molecular formula is C30H29ClN6O5. The standard InChI is InChI=1S/C30H29ClN6O5/c1-37-16-20-15-23(35-30(33-17-32)34-22-9-7-21(31)8-10-22)11-12-24(20)27(37)28(40)36-25(29(41)42)14-19-4-2-18(3-5-19)6-13-26(38)39/h2-5,7-12,15,25,27H,6,13-14,16H2,1H3,(H,36,40)(H,38,39)(H,41,42)(H2,33,34,35). The van der Waals surface area contributed by atoms with E-state index in [2.05, 4.69) is 20.9 Å². The lowest BCUT2D eigenvalue weighted by molar-refractivity contribution is -0.142. The number of hydrogen-bond acceptors (Lipinski definition) is 6. The van der Waals surface area contributed by atoms with E-state index in [0.717, 1.165) is 16.7 Å². The number of aryl methyl sites for hydroxylation is 1. The minimum atomic E-state index is -1.16. The normalized spacial score (nSPS) is 15.3. The van der Waals surface area contributed by atoms with E-state index in [4.69, 9.17) is 22.0 Å². The van der Waals surface area contributed by atoms with Crippen molar-refractivity contribution in [1.29, 1.82) is 5.26 Å². The maximum Gasteiger partial charge on any atom is 0.326 e. The number of amides is 1. The molecule has 0 spiro atoms. The van der Waals surface area contributed by atoms with Crippen LogP contribution >= 0.6 is 11.6 Å². The van der Waals surface area contributed by atoms with Crippen LogP contribution in [0, 0.1) is 11.5 Å². The zero-order valence-electron chi connectivity index (χ0n) is 22.7. The second-order valence-corrected chi connectivity index (χ2v) is 10.3. The highest BCUT2D eigenvalue weighted by Crippen LogP contribution is 2.34. The number of likely N-dealkylation sites (N-methyl/N-ethyl adjacent to an activating group) is 1. The van der Waals surface area contributed by atoms with Gasteiger partial charge in [-0.3, -0.25) is 14.5 Å². The second-order valence-electron chi connectivity index (χ2n) is 9.86. The maximum atomic E-state index is 13.3. The first-order chi connectivity index (χ1) is 20.1.